The summed E-state index contributed by atoms with van der Waals surface area (Å²) in [6.07, 6.45) is 0.937. The van der Waals surface area contributed by atoms with Gasteiger partial charge in [0.05, 0.1) is 0 Å². The van der Waals surface area contributed by atoms with E-state index < -0.39 is 0 Å². The van der Waals surface area contributed by atoms with Gasteiger partial charge in [-0.25, -0.2) is 0 Å². The van der Waals surface area contributed by atoms with E-state index in [9.17, 15) is 4.79 Å². The van der Waals surface area contributed by atoms with E-state index in [4.69, 9.17) is 9.59 Å². The first kappa shape index (κ1) is 23.3. The van der Waals surface area contributed by atoms with Crippen LogP contribution in [0.5, 0.6) is 0 Å². The second kappa shape index (κ2) is 11.0. The summed E-state index contributed by atoms with van der Waals surface area (Å²) in [5.74, 6) is 0. The van der Waals surface area contributed by atoms with Crippen molar-refractivity contribution >= 4 is 18.2 Å². The first-order valence-electron chi connectivity index (χ1n) is 8.41. The number of anilines is 1. The van der Waals surface area contributed by atoms with Crippen molar-refractivity contribution < 1.29 is 14.4 Å². The second-order valence-corrected chi connectivity index (χ2v) is 7.79. The molecule has 0 unspecified atom stereocenters. The Hall–Kier alpha value is -2.71. The van der Waals surface area contributed by atoms with Crippen molar-refractivity contribution in [2.45, 2.75) is 52.4 Å². The van der Waals surface area contributed by atoms with E-state index in [0.29, 0.717) is 11.8 Å². The molecule has 0 atom stereocenters. The van der Waals surface area contributed by atoms with Gasteiger partial charge in [-0.3, -0.25) is 4.79 Å². The number of benzene rings is 2. The lowest BCUT2D eigenvalue weighted by molar-refractivity contribution is -0.191. The summed E-state index contributed by atoms with van der Waals surface area (Å²) in [7, 11) is 0. The zero-order chi connectivity index (χ0) is 20.2. The van der Waals surface area contributed by atoms with Crippen LogP contribution in [-0.4, -0.2) is 12.6 Å². The fraction of sp³-hybridized carbons (Fsp3) is 0.364. The van der Waals surface area contributed by atoms with Crippen LogP contribution < -0.4 is 5.32 Å². The number of carbonyl (C=O) groups excluding carboxylic acids is 3. The van der Waals surface area contributed by atoms with Gasteiger partial charge in [-0.1, -0.05) is 84.0 Å². The van der Waals surface area contributed by atoms with Crippen molar-refractivity contribution in [2.75, 3.05) is 5.32 Å². The summed E-state index contributed by atoms with van der Waals surface area (Å²) in [4.78, 5) is 26.4. The van der Waals surface area contributed by atoms with E-state index in [-0.39, 0.29) is 11.6 Å². The quantitative estimate of drug-likeness (QED) is 0.775. The molecule has 0 aromatic heterocycles. The van der Waals surface area contributed by atoms with Crippen molar-refractivity contribution in [3.63, 3.8) is 0 Å². The molecule has 4 heteroatoms. The Morgan fingerprint density at radius 1 is 0.731 bits per heavy atom. The molecule has 1 amide bonds. The number of amides is 1. The van der Waals surface area contributed by atoms with Gasteiger partial charge >= 0.3 is 6.15 Å². The van der Waals surface area contributed by atoms with Gasteiger partial charge in [0.1, 0.15) is 0 Å². The van der Waals surface area contributed by atoms with E-state index in [1.165, 1.54) is 11.1 Å². The standard InChI is InChI=1S/C11H15NO.C10H14.CO2/c1-11(2,3)9-4-6-10(7-5-9)12-8-13;1-10(2,3)9-7-5-4-6-8-9;2-1-3/h4-8H,1-3H3,(H,12,13);4-8H,1-3H3;. The van der Waals surface area contributed by atoms with E-state index in [1.54, 1.807) is 0 Å². The van der Waals surface area contributed by atoms with E-state index >= 15 is 0 Å². The highest BCUT2D eigenvalue weighted by Gasteiger charge is 2.12. The minimum absolute atomic E-state index is 0.166. The zero-order valence-electron chi connectivity index (χ0n) is 16.5. The molecule has 0 aliphatic rings. The van der Waals surface area contributed by atoms with Crippen molar-refractivity contribution in [1.82, 2.24) is 0 Å². The molecule has 140 valence electrons. The van der Waals surface area contributed by atoms with Crippen LogP contribution in [0, 0.1) is 0 Å². The maximum absolute atomic E-state index is 10.1. The zero-order valence-corrected chi connectivity index (χ0v) is 16.5. The Bertz CT molecular complexity index is 672. The molecule has 0 aliphatic carbocycles. The topological polar surface area (TPSA) is 63.2 Å². The second-order valence-electron chi connectivity index (χ2n) is 7.79. The van der Waals surface area contributed by atoms with Gasteiger partial charge in [-0.05, 0) is 34.1 Å². The molecule has 2 aromatic carbocycles. The van der Waals surface area contributed by atoms with Crippen molar-refractivity contribution in [3.8, 4) is 0 Å². The third kappa shape index (κ3) is 9.55. The number of nitrogens with one attached hydrogen (secondary N) is 1. The van der Waals surface area contributed by atoms with Gasteiger partial charge in [-0.2, -0.15) is 9.59 Å². The summed E-state index contributed by atoms with van der Waals surface area (Å²) in [5, 5.41) is 2.61. The Labute approximate surface area is 156 Å². The first-order chi connectivity index (χ1) is 12.1. The van der Waals surface area contributed by atoms with Crippen LogP contribution in [0.2, 0.25) is 0 Å². The smallest absolute Gasteiger partial charge is 0.329 e. The predicted molar refractivity (Wildman–Crippen MR) is 105 cm³/mol. The average Bonchev–Trinajstić information content (AvgIpc) is 2.56. The first-order valence-corrected chi connectivity index (χ1v) is 8.41. The maximum Gasteiger partial charge on any atom is 0.373 e. The molecule has 2 rings (SSSR count). The van der Waals surface area contributed by atoms with Gasteiger partial charge in [0.15, 0.2) is 0 Å². The summed E-state index contributed by atoms with van der Waals surface area (Å²) in [6, 6.07) is 18.4. The highest BCUT2D eigenvalue weighted by Crippen LogP contribution is 2.23. The monoisotopic (exact) mass is 355 g/mol. The lowest BCUT2D eigenvalue weighted by Crippen LogP contribution is -2.10. The molecule has 0 aliphatic heterocycles. The molecule has 0 saturated heterocycles. The molecule has 1 N–H and O–H groups in total. The Balaban J connectivity index is 0.000000428. The normalized spacial score (nSPS) is 10.2. The molecule has 0 fully saturated rings. The van der Waals surface area contributed by atoms with Crippen LogP contribution in [0.15, 0.2) is 54.6 Å². The Morgan fingerprint density at radius 3 is 1.42 bits per heavy atom. The highest BCUT2D eigenvalue weighted by atomic mass is 16.2. The molecule has 4 nitrogen and oxygen atoms in total. The van der Waals surface area contributed by atoms with Crippen molar-refractivity contribution in [2.24, 2.45) is 0 Å². The van der Waals surface area contributed by atoms with Gasteiger partial charge in [0, 0.05) is 5.69 Å². The number of rotatable bonds is 2. The third-order valence-electron chi connectivity index (χ3n) is 3.62. The van der Waals surface area contributed by atoms with Crippen LogP contribution in [-0.2, 0) is 25.2 Å². The van der Waals surface area contributed by atoms with E-state index in [2.05, 4.69) is 77.2 Å². The molecule has 2 aromatic rings. The molecule has 0 spiro atoms. The minimum atomic E-state index is 0.166. The number of hydrogen-bond donors (Lipinski definition) is 1. The van der Waals surface area contributed by atoms with Crippen LogP contribution >= 0.6 is 0 Å². The van der Waals surface area contributed by atoms with Crippen molar-refractivity contribution in [3.05, 3.63) is 65.7 Å². The summed E-state index contributed by atoms with van der Waals surface area (Å²) < 4.78 is 0. The van der Waals surface area contributed by atoms with Crippen LogP contribution in [0.1, 0.15) is 52.7 Å². The predicted octanol–water partition coefficient (Wildman–Crippen LogP) is 4.95. The summed E-state index contributed by atoms with van der Waals surface area (Å²) in [5.41, 5.74) is 3.96. The average molecular weight is 355 g/mol. The van der Waals surface area contributed by atoms with Crippen molar-refractivity contribution in [1.29, 1.82) is 0 Å². The fourth-order valence-electron chi connectivity index (χ4n) is 2.07. The Kier molecular flexibility index (Phi) is 9.86. The molecule has 0 saturated carbocycles. The van der Waals surface area contributed by atoms with Gasteiger partial charge < -0.3 is 5.32 Å². The maximum atomic E-state index is 10.1. The lowest BCUT2D eigenvalue weighted by atomic mass is 9.87. The largest absolute Gasteiger partial charge is 0.373 e. The summed E-state index contributed by atoms with van der Waals surface area (Å²) in [6.45, 7) is 13.2. The molecular formula is C22H29NO3. The SMILES string of the molecule is CC(C)(C)c1ccc(NC=O)cc1.CC(C)(C)c1ccccc1.O=C=O. The van der Waals surface area contributed by atoms with Crippen LogP contribution in [0.4, 0.5) is 5.69 Å². The summed E-state index contributed by atoms with van der Waals surface area (Å²) >= 11 is 0. The number of hydrogen-bond acceptors (Lipinski definition) is 3. The highest BCUT2D eigenvalue weighted by molar-refractivity contribution is 5.71. The molecule has 0 heterocycles. The lowest BCUT2D eigenvalue weighted by Gasteiger charge is -2.18. The Morgan fingerprint density at radius 2 is 1.12 bits per heavy atom. The van der Waals surface area contributed by atoms with Crippen LogP contribution in [0.25, 0.3) is 0 Å². The van der Waals surface area contributed by atoms with Gasteiger partial charge in [0.25, 0.3) is 0 Å². The molecule has 0 radical (unpaired) electrons. The van der Waals surface area contributed by atoms with E-state index in [0.717, 1.165) is 5.69 Å². The number of carbonyl (C=O) groups is 1. The van der Waals surface area contributed by atoms with Gasteiger partial charge in [0.2, 0.25) is 6.41 Å². The molecule has 0 bridgehead atoms. The third-order valence-corrected chi connectivity index (χ3v) is 3.62. The fourth-order valence-corrected chi connectivity index (χ4v) is 2.07. The molecule has 26 heavy (non-hydrogen) atoms. The van der Waals surface area contributed by atoms with E-state index in [1.807, 2.05) is 24.3 Å². The minimum Gasteiger partial charge on any atom is -0.329 e. The van der Waals surface area contributed by atoms with Crippen LogP contribution in [0.3, 0.4) is 0 Å². The van der Waals surface area contributed by atoms with Gasteiger partial charge in [-0.15, -0.1) is 0 Å². The molecular weight excluding hydrogens is 326 g/mol.